The van der Waals surface area contributed by atoms with Crippen molar-refractivity contribution in [1.82, 2.24) is 9.55 Å². The molecule has 172 valence electrons. The number of nitrogens with zero attached hydrogens (tertiary/aromatic N) is 1. The SMILES string of the molecule is COc1cc(/C=C/C(=O)c2cccc(-n3cc(-c4ccc(F)cc4)[nH]c3=O)c2)cc(OC)c1O. The van der Waals surface area contributed by atoms with Gasteiger partial charge in [0.1, 0.15) is 5.82 Å². The quantitative estimate of drug-likeness (QED) is 0.311. The predicted octanol–water partition coefficient (Wildman–Crippen LogP) is 4.59. The fourth-order valence-electron chi connectivity index (χ4n) is 3.45. The van der Waals surface area contributed by atoms with Crippen molar-refractivity contribution in [3.63, 3.8) is 0 Å². The van der Waals surface area contributed by atoms with E-state index in [4.69, 9.17) is 9.47 Å². The molecule has 0 aliphatic rings. The van der Waals surface area contributed by atoms with Crippen molar-refractivity contribution in [1.29, 1.82) is 0 Å². The second kappa shape index (κ2) is 9.50. The van der Waals surface area contributed by atoms with Gasteiger partial charge in [-0.05, 0) is 65.7 Å². The third-order valence-corrected chi connectivity index (χ3v) is 5.21. The van der Waals surface area contributed by atoms with E-state index in [1.54, 1.807) is 60.8 Å². The number of phenolic OH excluding ortho intramolecular Hbond substituents is 1. The average Bonchev–Trinajstić information content (AvgIpc) is 3.25. The van der Waals surface area contributed by atoms with E-state index in [2.05, 4.69) is 4.98 Å². The number of nitrogens with one attached hydrogen (secondary N) is 1. The van der Waals surface area contributed by atoms with E-state index in [0.29, 0.717) is 28.1 Å². The number of halogens is 1. The van der Waals surface area contributed by atoms with E-state index in [-0.39, 0.29) is 34.5 Å². The Kier molecular flexibility index (Phi) is 6.31. The highest BCUT2D eigenvalue weighted by Gasteiger charge is 2.12. The number of methoxy groups -OCH3 is 2. The van der Waals surface area contributed by atoms with Crippen LogP contribution in [0.25, 0.3) is 23.0 Å². The van der Waals surface area contributed by atoms with Crippen molar-refractivity contribution in [2.24, 2.45) is 0 Å². The maximum absolute atomic E-state index is 13.2. The summed E-state index contributed by atoms with van der Waals surface area (Å²) in [5, 5.41) is 10.0. The van der Waals surface area contributed by atoms with Crippen LogP contribution in [0, 0.1) is 5.82 Å². The lowest BCUT2D eigenvalue weighted by Gasteiger charge is -2.09. The number of ether oxygens (including phenoxy) is 2. The zero-order valence-electron chi connectivity index (χ0n) is 18.4. The Labute approximate surface area is 194 Å². The summed E-state index contributed by atoms with van der Waals surface area (Å²) in [6.45, 7) is 0. The predicted molar refractivity (Wildman–Crippen MR) is 126 cm³/mol. The maximum atomic E-state index is 13.2. The van der Waals surface area contributed by atoms with Gasteiger partial charge in [0, 0.05) is 11.8 Å². The summed E-state index contributed by atoms with van der Waals surface area (Å²) in [5.41, 5.74) is 2.28. The molecule has 1 heterocycles. The van der Waals surface area contributed by atoms with Gasteiger partial charge in [-0.25, -0.2) is 9.18 Å². The first-order valence-corrected chi connectivity index (χ1v) is 10.2. The first-order valence-electron chi connectivity index (χ1n) is 10.2. The smallest absolute Gasteiger partial charge is 0.330 e. The molecule has 34 heavy (non-hydrogen) atoms. The molecule has 3 aromatic carbocycles. The van der Waals surface area contributed by atoms with Gasteiger partial charge < -0.3 is 19.6 Å². The molecule has 0 saturated heterocycles. The van der Waals surface area contributed by atoms with Crippen molar-refractivity contribution >= 4 is 11.9 Å². The molecular weight excluding hydrogens is 439 g/mol. The van der Waals surface area contributed by atoms with Crippen molar-refractivity contribution < 1.29 is 23.8 Å². The van der Waals surface area contributed by atoms with Crippen molar-refractivity contribution in [2.45, 2.75) is 0 Å². The number of hydrogen-bond donors (Lipinski definition) is 2. The molecule has 0 radical (unpaired) electrons. The van der Waals surface area contributed by atoms with Crippen LogP contribution in [-0.4, -0.2) is 34.7 Å². The van der Waals surface area contributed by atoms with Gasteiger partial charge >= 0.3 is 5.69 Å². The van der Waals surface area contributed by atoms with Crippen molar-refractivity contribution in [2.75, 3.05) is 14.2 Å². The lowest BCUT2D eigenvalue weighted by Crippen LogP contribution is -2.14. The topological polar surface area (TPSA) is 93.6 Å². The summed E-state index contributed by atoms with van der Waals surface area (Å²) in [4.78, 5) is 28.0. The van der Waals surface area contributed by atoms with Gasteiger partial charge in [-0.1, -0.05) is 18.2 Å². The van der Waals surface area contributed by atoms with Crippen LogP contribution in [0.1, 0.15) is 15.9 Å². The third kappa shape index (κ3) is 4.61. The highest BCUT2D eigenvalue weighted by atomic mass is 19.1. The lowest BCUT2D eigenvalue weighted by molar-refractivity contribution is 0.104. The standard InChI is InChI=1S/C26H21FN2O5/c1-33-23-12-16(13-24(34-2)25(23)31)6-11-22(30)18-4-3-5-20(14-18)29-15-21(28-26(29)32)17-7-9-19(27)10-8-17/h3-15,31H,1-2H3,(H,28,32)/b11-6+. The van der Waals surface area contributed by atoms with E-state index >= 15 is 0 Å². The van der Waals surface area contributed by atoms with Gasteiger partial charge in [0.15, 0.2) is 17.3 Å². The highest BCUT2D eigenvalue weighted by molar-refractivity contribution is 6.07. The first-order chi connectivity index (χ1) is 16.4. The molecule has 0 bridgehead atoms. The number of H-pyrrole nitrogens is 1. The van der Waals surface area contributed by atoms with E-state index < -0.39 is 0 Å². The number of aromatic nitrogens is 2. The second-order valence-corrected chi connectivity index (χ2v) is 7.37. The second-order valence-electron chi connectivity index (χ2n) is 7.37. The molecular formula is C26H21FN2O5. The summed E-state index contributed by atoms with van der Waals surface area (Å²) < 4.78 is 24.8. The third-order valence-electron chi connectivity index (χ3n) is 5.21. The van der Waals surface area contributed by atoms with E-state index in [1.807, 2.05) is 0 Å². The van der Waals surface area contributed by atoms with Crippen LogP contribution in [0.3, 0.4) is 0 Å². The molecule has 0 atom stereocenters. The van der Waals surface area contributed by atoms with Gasteiger partial charge in [-0.3, -0.25) is 9.36 Å². The summed E-state index contributed by atoms with van der Waals surface area (Å²) in [7, 11) is 2.84. The monoisotopic (exact) mass is 460 g/mol. The molecule has 8 heteroatoms. The molecule has 0 spiro atoms. The first kappa shape index (κ1) is 22.6. The fraction of sp³-hybridized carbons (Fsp3) is 0.0769. The molecule has 4 aromatic rings. The Morgan fingerprint density at radius 3 is 2.35 bits per heavy atom. The Morgan fingerprint density at radius 2 is 1.71 bits per heavy atom. The Hall–Kier alpha value is -4.59. The van der Waals surface area contributed by atoms with Crippen LogP contribution in [0.5, 0.6) is 17.2 Å². The maximum Gasteiger partial charge on any atom is 0.330 e. The van der Waals surface area contributed by atoms with E-state index in [9.17, 15) is 19.1 Å². The zero-order valence-corrected chi connectivity index (χ0v) is 18.4. The Balaban J connectivity index is 1.60. The van der Waals surface area contributed by atoms with Crippen LogP contribution in [0.15, 0.2) is 77.7 Å². The summed E-state index contributed by atoms with van der Waals surface area (Å²) in [6.07, 6.45) is 4.56. The van der Waals surface area contributed by atoms with Crippen LogP contribution >= 0.6 is 0 Å². The molecule has 0 aliphatic heterocycles. The number of allylic oxidation sites excluding steroid dienone is 1. The van der Waals surface area contributed by atoms with Crippen LogP contribution in [0.4, 0.5) is 4.39 Å². The van der Waals surface area contributed by atoms with Gasteiger partial charge in [0.05, 0.1) is 25.6 Å². The Bertz CT molecular complexity index is 1410. The number of benzene rings is 3. The minimum Gasteiger partial charge on any atom is -0.502 e. The zero-order chi connectivity index (χ0) is 24.2. The van der Waals surface area contributed by atoms with Gasteiger partial charge in [-0.15, -0.1) is 0 Å². The number of rotatable bonds is 7. The minimum atomic E-state index is -0.386. The molecule has 0 fully saturated rings. The number of imidazole rings is 1. The van der Waals surface area contributed by atoms with Gasteiger partial charge in [-0.2, -0.15) is 0 Å². The van der Waals surface area contributed by atoms with Gasteiger partial charge in [0.25, 0.3) is 0 Å². The number of ketones is 1. The molecule has 1 aromatic heterocycles. The number of carbonyl (C=O) groups excluding carboxylic acids is 1. The summed E-state index contributed by atoms with van der Waals surface area (Å²) in [6, 6.07) is 15.6. The molecule has 0 saturated carbocycles. The number of aromatic hydroxyl groups is 1. The largest absolute Gasteiger partial charge is 0.502 e. The highest BCUT2D eigenvalue weighted by Crippen LogP contribution is 2.37. The number of hydrogen-bond acceptors (Lipinski definition) is 5. The average molecular weight is 460 g/mol. The van der Waals surface area contributed by atoms with Crippen molar-refractivity contribution in [3.8, 4) is 34.2 Å². The molecule has 7 nitrogen and oxygen atoms in total. The van der Waals surface area contributed by atoms with Gasteiger partial charge in [0.2, 0.25) is 5.75 Å². The lowest BCUT2D eigenvalue weighted by atomic mass is 10.1. The molecule has 2 N–H and O–H groups in total. The van der Waals surface area contributed by atoms with Crippen LogP contribution in [0.2, 0.25) is 0 Å². The normalized spacial score (nSPS) is 11.0. The van der Waals surface area contributed by atoms with Crippen LogP contribution in [-0.2, 0) is 0 Å². The number of aromatic amines is 1. The fourth-order valence-corrected chi connectivity index (χ4v) is 3.45. The molecule has 0 unspecified atom stereocenters. The number of carbonyl (C=O) groups is 1. The molecule has 0 aliphatic carbocycles. The van der Waals surface area contributed by atoms with Crippen LogP contribution < -0.4 is 15.2 Å². The minimum absolute atomic E-state index is 0.127. The molecule has 0 amide bonds. The molecule has 4 rings (SSSR count). The summed E-state index contributed by atoms with van der Waals surface area (Å²) >= 11 is 0. The van der Waals surface area contributed by atoms with Crippen molar-refractivity contribution in [3.05, 3.63) is 100 Å². The summed E-state index contributed by atoms with van der Waals surface area (Å²) in [5.74, 6) is -0.336. The van der Waals surface area contributed by atoms with E-state index in [0.717, 1.165) is 0 Å². The van der Waals surface area contributed by atoms with E-state index in [1.165, 1.54) is 37.0 Å². The Morgan fingerprint density at radius 1 is 1.03 bits per heavy atom. The number of phenols is 1.